The molecular weight excluding hydrogens is 436 g/mol. The van der Waals surface area contributed by atoms with Crippen molar-refractivity contribution in [2.75, 3.05) is 37.1 Å². The fourth-order valence-corrected chi connectivity index (χ4v) is 4.59. The van der Waals surface area contributed by atoms with E-state index in [-0.39, 0.29) is 31.7 Å². The van der Waals surface area contributed by atoms with Gasteiger partial charge < -0.3 is 24.3 Å². The number of amides is 1. The summed E-state index contributed by atoms with van der Waals surface area (Å²) in [5.74, 6) is 2.29. The molecule has 1 atom stereocenters. The van der Waals surface area contributed by atoms with Crippen molar-refractivity contribution >= 4 is 21.6 Å². The van der Waals surface area contributed by atoms with Gasteiger partial charge in [-0.2, -0.15) is 0 Å². The highest BCUT2D eigenvalue weighted by Crippen LogP contribution is 2.36. The number of anilines is 1. The van der Waals surface area contributed by atoms with Crippen LogP contribution in [-0.4, -0.2) is 47.1 Å². The van der Waals surface area contributed by atoms with Crippen molar-refractivity contribution < 1.29 is 32.2 Å². The molecule has 0 saturated heterocycles. The van der Waals surface area contributed by atoms with Gasteiger partial charge in [0.15, 0.2) is 23.0 Å². The molecule has 2 aromatic carbocycles. The lowest BCUT2D eigenvalue weighted by atomic mass is 10.1. The van der Waals surface area contributed by atoms with Crippen LogP contribution in [0.15, 0.2) is 36.4 Å². The molecule has 9 nitrogen and oxygen atoms in total. The third-order valence-corrected chi connectivity index (χ3v) is 6.45. The smallest absolute Gasteiger partial charge is 0.232 e. The number of ether oxygens (including phenoxy) is 4. The normalized spacial score (nSPS) is 15.2. The van der Waals surface area contributed by atoms with Crippen LogP contribution in [0.1, 0.15) is 31.4 Å². The lowest BCUT2D eigenvalue weighted by Gasteiger charge is -2.23. The molecule has 32 heavy (non-hydrogen) atoms. The van der Waals surface area contributed by atoms with Crippen molar-refractivity contribution in [3.63, 3.8) is 0 Å². The molecule has 1 N–H and O–H groups in total. The van der Waals surface area contributed by atoms with Crippen molar-refractivity contribution in [1.82, 2.24) is 5.32 Å². The zero-order valence-corrected chi connectivity index (χ0v) is 18.8. The van der Waals surface area contributed by atoms with Gasteiger partial charge >= 0.3 is 0 Å². The van der Waals surface area contributed by atoms with E-state index in [2.05, 4.69) is 5.32 Å². The summed E-state index contributed by atoms with van der Waals surface area (Å²) in [5.41, 5.74) is 1.38. The van der Waals surface area contributed by atoms with Crippen LogP contribution < -0.4 is 28.6 Å². The third kappa shape index (κ3) is 5.01. The first-order valence-corrected chi connectivity index (χ1v) is 12.2. The summed E-state index contributed by atoms with van der Waals surface area (Å²) < 4.78 is 47.6. The van der Waals surface area contributed by atoms with Gasteiger partial charge in [0.25, 0.3) is 0 Å². The van der Waals surface area contributed by atoms with Gasteiger partial charge in [-0.1, -0.05) is 6.07 Å². The fourth-order valence-electron chi connectivity index (χ4n) is 3.64. The highest BCUT2D eigenvalue weighted by molar-refractivity contribution is 7.92. The maximum atomic E-state index is 12.5. The van der Waals surface area contributed by atoms with Crippen molar-refractivity contribution in [2.24, 2.45) is 0 Å². The van der Waals surface area contributed by atoms with Gasteiger partial charge in [-0.3, -0.25) is 9.10 Å². The van der Waals surface area contributed by atoms with Gasteiger partial charge in [-0.05, 0) is 43.2 Å². The predicted molar refractivity (Wildman–Crippen MR) is 118 cm³/mol. The van der Waals surface area contributed by atoms with Gasteiger partial charge in [0.05, 0.1) is 18.0 Å². The quantitative estimate of drug-likeness (QED) is 0.643. The maximum Gasteiger partial charge on any atom is 0.232 e. The SMILES string of the molecule is C[C@H](NC(=O)CCCN(c1ccc2c(c1)OCO2)S(C)(=O)=O)c1ccc2c(c1)OCCO2. The molecule has 2 aromatic rings. The summed E-state index contributed by atoms with van der Waals surface area (Å²) in [6.45, 7) is 3.19. The number of hydrogen-bond acceptors (Lipinski definition) is 7. The van der Waals surface area contributed by atoms with Crippen LogP contribution in [0.4, 0.5) is 5.69 Å². The highest BCUT2D eigenvalue weighted by atomic mass is 32.2. The minimum absolute atomic E-state index is 0.111. The van der Waals surface area contributed by atoms with Crippen molar-refractivity contribution in [2.45, 2.75) is 25.8 Å². The molecule has 172 valence electrons. The Labute approximate surface area is 187 Å². The Hall–Kier alpha value is -3.14. The lowest BCUT2D eigenvalue weighted by Crippen LogP contribution is -2.32. The third-order valence-electron chi connectivity index (χ3n) is 5.25. The Morgan fingerprint density at radius 2 is 1.66 bits per heavy atom. The first-order valence-electron chi connectivity index (χ1n) is 10.4. The van der Waals surface area contributed by atoms with Gasteiger partial charge in [0.1, 0.15) is 13.2 Å². The minimum Gasteiger partial charge on any atom is -0.486 e. The van der Waals surface area contributed by atoms with E-state index in [0.29, 0.717) is 48.3 Å². The molecule has 0 fully saturated rings. The zero-order valence-electron chi connectivity index (χ0n) is 18.0. The second-order valence-electron chi connectivity index (χ2n) is 7.67. The zero-order chi connectivity index (χ0) is 22.7. The molecule has 0 aromatic heterocycles. The van der Waals surface area contributed by atoms with Crippen molar-refractivity contribution in [3.05, 3.63) is 42.0 Å². The van der Waals surface area contributed by atoms with E-state index >= 15 is 0 Å². The van der Waals surface area contributed by atoms with Gasteiger partial charge in [-0.25, -0.2) is 8.42 Å². The number of carbonyl (C=O) groups is 1. The monoisotopic (exact) mass is 462 g/mol. The molecule has 2 aliphatic rings. The van der Waals surface area contributed by atoms with E-state index in [1.54, 1.807) is 18.2 Å². The van der Waals surface area contributed by atoms with Crippen LogP contribution in [0.2, 0.25) is 0 Å². The van der Waals surface area contributed by atoms with Crippen LogP contribution in [0.25, 0.3) is 0 Å². The van der Waals surface area contributed by atoms with E-state index in [4.69, 9.17) is 18.9 Å². The number of fused-ring (bicyclic) bond motifs is 2. The van der Waals surface area contributed by atoms with Gasteiger partial charge in [0.2, 0.25) is 22.7 Å². The average molecular weight is 463 g/mol. The van der Waals surface area contributed by atoms with E-state index < -0.39 is 10.0 Å². The molecule has 1 amide bonds. The summed E-state index contributed by atoms with van der Waals surface area (Å²) >= 11 is 0. The summed E-state index contributed by atoms with van der Waals surface area (Å²) in [6, 6.07) is 10.3. The fraction of sp³-hybridized carbons (Fsp3) is 0.409. The van der Waals surface area contributed by atoms with Gasteiger partial charge in [-0.15, -0.1) is 0 Å². The maximum absolute atomic E-state index is 12.5. The van der Waals surface area contributed by atoms with E-state index in [1.165, 1.54) is 4.31 Å². The Balaban J connectivity index is 1.33. The van der Waals surface area contributed by atoms with Crippen LogP contribution >= 0.6 is 0 Å². The van der Waals surface area contributed by atoms with Gasteiger partial charge in [0, 0.05) is 19.0 Å². The average Bonchev–Trinajstić information content (AvgIpc) is 3.23. The van der Waals surface area contributed by atoms with E-state index in [9.17, 15) is 13.2 Å². The molecule has 2 heterocycles. The molecule has 0 aliphatic carbocycles. The highest BCUT2D eigenvalue weighted by Gasteiger charge is 2.22. The number of carbonyl (C=O) groups excluding carboxylic acids is 1. The molecule has 0 spiro atoms. The second kappa shape index (κ2) is 9.15. The topological polar surface area (TPSA) is 103 Å². The molecule has 4 rings (SSSR count). The molecule has 2 aliphatic heterocycles. The van der Waals surface area contributed by atoms with Crippen LogP contribution in [0.3, 0.4) is 0 Å². The molecule has 0 radical (unpaired) electrons. The predicted octanol–water partition coefficient (Wildman–Crippen LogP) is 2.61. The van der Waals surface area contributed by atoms with Crippen LogP contribution in [0, 0.1) is 0 Å². The number of nitrogens with zero attached hydrogens (tertiary/aromatic N) is 1. The number of nitrogens with one attached hydrogen (secondary N) is 1. The Morgan fingerprint density at radius 1 is 1.00 bits per heavy atom. The molecule has 0 bridgehead atoms. The molecule has 0 unspecified atom stereocenters. The number of hydrogen-bond donors (Lipinski definition) is 1. The molecular formula is C22H26N2O7S. The van der Waals surface area contributed by atoms with E-state index in [1.807, 2.05) is 25.1 Å². The summed E-state index contributed by atoms with van der Waals surface area (Å²) in [6.07, 6.45) is 1.69. The Morgan fingerprint density at radius 3 is 2.44 bits per heavy atom. The minimum atomic E-state index is -3.53. The standard InChI is InChI=1S/C22H26N2O7S/c1-15(16-5-7-18-20(12-16)29-11-10-28-18)23-22(25)4-3-9-24(32(2,26)27)17-6-8-19-21(13-17)31-14-30-19/h5-8,12-13,15H,3-4,9-11,14H2,1-2H3,(H,23,25)/t15-/m0/s1. The van der Waals surface area contributed by atoms with Crippen molar-refractivity contribution in [3.8, 4) is 23.0 Å². The number of benzene rings is 2. The summed E-state index contributed by atoms with van der Waals surface area (Å²) in [4.78, 5) is 12.5. The second-order valence-corrected chi connectivity index (χ2v) is 9.58. The molecule has 0 saturated carbocycles. The van der Waals surface area contributed by atoms with Crippen LogP contribution in [0.5, 0.6) is 23.0 Å². The number of rotatable bonds is 8. The largest absolute Gasteiger partial charge is 0.486 e. The van der Waals surface area contributed by atoms with E-state index in [0.717, 1.165) is 11.8 Å². The first kappa shape index (κ1) is 22.1. The number of sulfonamides is 1. The summed E-state index contributed by atoms with van der Waals surface area (Å²) in [5, 5.41) is 2.95. The lowest BCUT2D eigenvalue weighted by molar-refractivity contribution is -0.121. The van der Waals surface area contributed by atoms with Crippen molar-refractivity contribution in [1.29, 1.82) is 0 Å². The summed E-state index contributed by atoms with van der Waals surface area (Å²) in [7, 11) is -3.53. The Bertz CT molecular complexity index is 1100. The molecule has 10 heteroatoms. The first-order chi connectivity index (χ1) is 15.3. The van der Waals surface area contributed by atoms with Crippen LogP contribution in [-0.2, 0) is 14.8 Å². The Kier molecular flexibility index (Phi) is 6.31.